The summed E-state index contributed by atoms with van der Waals surface area (Å²) in [4.78, 5) is 0. The van der Waals surface area contributed by atoms with Gasteiger partial charge in [-0.05, 0) is 37.5 Å². The molecule has 2 rings (SSSR count). The fraction of sp³-hybridized carbons (Fsp3) is 1.00. The lowest BCUT2D eigenvalue weighted by Crippen LogP contribution is -2.31. The third kappa shape index (κ3) is 0.731. The molecule has 0 aliphatic heterocycles. The van der Waals surface area contributed by atoms with E-state index in [9.17, 15) is 0 Å². The summed E-state index contributed by atoms with van der Waals surface area (Å²) in [5.74, 6) is 1.02. The zero-order valence-corrected chi connectivity index (χ0v) is 6.77. The summed E-state index contributed by atoms with van der Waals surface area (Å²) < 4.78 is 0. The summed E-state index contributed by atoms with van der Waals surface area (Å²) in [5.41, 5.74) is 6.57. The molecule has 1 heteroatoms. The lowest BCUT2D eigenvalue weighted by molar-refractivity contribution is 0.292. The summed E-state index contributed by atoms with van der Waals surface area (Å²) >= 11 is 0. The highest BCUT2D eigenvalue weighted by molar-refractivity contribution is 5.08. The molecule has 10 heavy (non-hydrogen) atoms. The van der Waals surface area contributed by atoms with Crippen LogP contribution in [-0.2, 0) is 0 Å². The van der Waals surface area contributed by atoms with Gasteiger partial charge < -0.3 is 5.73 Å². The van der Waals surface area contributed by atoms with Gasteiger partial charge in [-0.1, -0.05) is 12.8 Å². The van der Waals surface area contributed by atoms with Crippen LogP contribution in [0.4, 0.5) is 0 Å². The molecule has 2 aliphatic carbocycles. The van der Waals surface area contributed by atoms with Gasteiger partial charge in [0.05, 0.1) is 0 Å². The van der Waals surface area contributed by atoms with Crippen LogP contribution < -0.4 is 5.73 Å². The van der Waals surface area contributed by atoms with Crippen molar-refractivity contribution in [2.75, 3.05) is 0 Å². The second-order valence-electron chi connectivity index (χ2n) is 4.17. The Morgan fingerprint density at radius 1 is 1.50 bits per heavy atom. The van der Waals surface area contributed by atoms with Crippen molar-refractivity contribution < 1.29 is 0 Å². The van der Waals surface area contributed by atoms with Gasteiger partial charge in [0.1, 0.15) is 0 Å². The Morgan fingerprint density at radius 3 is 2.80 bits per heavy atom. The third-order valence-electron chi connectivity index (χ3n) is 3.63. The summed E-state index contributed by atoms with van der Waals surface area (Å²) in [5, 5.41) is 0. The molecule has 1 nitrogen and oxygen atoms in total. The molecule has 2 aliphatic rings. The molecular formula is C9H17N. The van der Waals surface area contributed by atoms with E-state index in [2.05, 4.69) is 6.92 Å². The van der Waals surface area contributed by atoms with Crippen molar-refractivity contribution in [1.82, 2.24) is 0 Å². The van der Waals surface area contributed by atoms with E-state index >= 15 is 0 Å². The van der Waals surface area contributed by atoms with Crippen LogP contribution in [0.2, 0.25) is 0 Å². The Bertz CT molecular complexity index is 142. The Kier molecular flexibility index (Phi) is 1.31. The molecule has 0 amide bonds. The first-order chi connectivity index (χ1) is 4.76. The maximum Gasteiger partial charge on any atom is 0.00697 e. The van der Waals surface area contributed by atoms with E-state index < -0.39 is 0 Å². The summed E-state index contributed by atoms with van der Waals surface area (Å²) in [7, 11) is 0. The summed E-state index contributed by atoms with van der Waals surface area (Å²) in [6, 6.07) is 0.456. The Morgan fingerprint density at radius 2 is 2.30 bits per heavy atom. The SMILES string of the molecule is C[C@H](N)[C@]12CCCC[C@H]1C2. The van der Waals surface area contributed by atoms with Crippen molar-refractivity contribution in [1.29, 1.82) is 0 Å². The smallest absolute Gasteiger partial charge is 0.00697 e. The highest BCUT2D eigenvalue weighted by atomic mass is 14.8. The van der Waals surface area contributed by atoms with Crippen molar-refractivity contribution in [3.63, 3.8) is 0 Å². The first-order valence-corrected chi connectivity index (χ1v) is 4.51. The molecule has 0 saturated heterocycles. The Balaban J connectivity index is 2.05. The van der Waals surface area contributed by atoms with Gasteiger partial charge >= 0.3 is 0 Å². The monoisotopic (exact) mass is 139 g/mol. The van der Waals surface area contributed by atoms with Gasteiger partial charge in [-0.2, -0.15) is 0 Å². The van der Waals surface area contributed by atoms with Crippen LogP contribution in [-0.4, -0.2) is 6.04 Å². The van der Waals surface area contributed by atoms with Gasteiger partial charge in [0, 0.05) is 6.04 Å². The van der Waals surface area contributed by atoms with E-state index in [4.69, 9.17) is 5.73 Å². The van der Waals surface area contributed by atoms with E-state index in [-0.39, 0.29) is 0 Å². The molecule has 2 saturated carbocycles. The van der Waals surface area contributed by atoms with E-state index in [0.717, 1.165) is 5.92 Å². The molecule has 2 N–H and O–H groups in total. The highest BCUT2D eigenvalue weighted by Crippen LogP contribution is 2.62. The van der Waals surface area contributed by atoms with Gasteiger partial charge in [-0.25, -0.2) is 0 Å². The predicted molar refractivity (Wildman–Crippen MR) is 42.7 cm³/mol. The largest absolute Gasteiger partial charge is 0.327 e. The van der Waals surface area contributed by atoms with E-state index in [0.29, 0.717) is 11.5 Å². The standard InChI is InChI=1S/C9H17N/c1-7(10)9-5-3-2-4-8(9)6-9/h7-8H,2-6,10H2,1H3/t7-,8-,9+/m0/s1. The zero-order valence-electron chi connectivity index (χ0n) is 6.77. The molecule has 58 valence electrons. The van der Waals surface area contributed by atoms with Crippen LogP contribution in [0.25, 0.3) is 0 Å². The van der Waals surface area contributed by atoms with E-state index in [1.807, 2.05) is 0 Å². The molecule has 0 unspecified atom stereocenters. The maximum absolute atomic E-state index is 5.94. The quantitative estimate of drug-likeness (QED) is 0.590. The molecular weight excluding hydrogens is 122 g/mol. The molecule has 0 bridgehead atoms. The van der Waals surface area contributed by atoms with Crippen LogP contribution in [0.15, 0.2) is 0 Å². The average Bonchev–Trinajstić information content (AvgIpc) is 2.61. The van der Waals surface area contributed by atoms with Crippen LogP contribution in [0.3, 0.4) is 0 Å². The number of hydrogen-bond donors (Lipinski definition) is 1. The lowest BCUT2D eigenvalue weighted by atomic mass is 9.84. The first-order valence-electron chi connectivity index (χ1n) is 4.51. The van der Waals surface area contributed by atoms with E-state index in [1.54, 1.807) is 0 Å². The van der Waals surface area contributed by atoms with Gasteiger partial charge in [0.15, 0.2) is 0 Å². The predicted octanol–water partition coefficient (Wildman–Crippen LogP) is 1.91. The number of nitrogens with two attached hydrogens (primary N) is 1. The summed E-state index contributed by atoms with van der Waals surface area (Å²) in [6.07, 6.45) is 7.19. The van der Waals surface area contributed by atoms with Gasteiger partial charge in [-0.3, -0.25) is 0 Å². The van der Waals surface area contributed by atoms with Crippen molar-refractivity contribution in [2.24, 2.45) is 17.1 Å². The molecule has 0 spiro atoms. The molecule has 2 fully saturated rings. The number of fused-ring (bicyclic) bond motifs is 1. The van der Waals surface area contributed by atoms with E-state index in [1.165, 1.54) is 32.1 Å². The fourth-order valence-electron chi connectivity index (χ4n) is 2.73. The normalized spacial score (nSPS) is 48.0. The molecule has 0 aromatic carbocycles. The summed E-state index contributed by atoms with van der Waals surface area (Å²) in [6.45, 7) is 2.19. The van der Waals surface area contributed by atoms with Gasteiger partial charge in [0.25, 0.3) is 0 Å². The topological polar surface area (TPSA) is 26.0 Å². The van der Waals surface area contributed by atoms with Gasteiger partial charge in [-0.15, -0.1) is 0 Å². The second kappa shape index (κ2) is 1.97. The lowest BCUT2D eigenvalue weighted by Gasteiger charge is -2.25. The third-order valence-corrected chi connectivity index (χ3v) is 3.63. The minimum absolute atomic E-state index is 0.456. The van der Waals surface area contributed by atoms with Crippen LogP contribution in [0.1, 0.15) is 39.0 Å². The number of hydrogen-bond acceptors (Lipinski definition) is 1. The molecule has 3 atom stereocenters. The highest BCUT2D eigenvalue weighted by Gasteiger charge is 2.56. The minimum Gasteiger partial charge on any atom is -0.327 e. The molecule has 0 radical (unpaired) electrons. The molecule has 0 aromatic heterocycles. The van der Waals surface area contributed by atoms with Crippen molar-refractivity contribution >= 4 is 0 Å². The average molecular weight is 139 g/mol. The Labute approximate surface area is 63.0 Å². The fourth-order valence-corrected chi connectivity index (χ4v) is 2.73. The van der Waals surface area contributed by atoms with Crippen molar-refractivity contribution in [3.8, 4) is 0 Å². The zero-order chi connectivity index (χ0) is 7.19. The number of rotatable bonds is 1. The van der Waals surface area contributed by atoms with Crippen molar-refractivity contribution in [3.05, 3.63) is 0 Å². The molecule has 0 heterocycles. The maximum atomic E-state index is 5.94. The first kappa shape index (κ1) is 6.66. The molecule has 0 aromatic rings. The van der Waals surface area contributed by atoms with Gasteiger partial charge in [0.2, 0.25) is 0 Å². The van der Waals surface area contributed by atoms with Crippen LogP contribution in [0.5, 0.6) is 0 Å². The second-order valence-corrected chi connectivity index (χ2v) is 4.17. The Hall–Kier alpha value is -0.0400. The van der Waals surface area contributed by atoms with Crippen LogP contribution in [0, 0.1) is 11.3 Å². The van der Waals surface area contributed by atoms with Crippen molar-refractivity contribution in [2.45, 2.75) is 45.1 Å². The van der Waals surface area contributed by atoms with Crippen LogP contribution >= 0.6 is 0 Å². The minimum atomic E-state index is 0.456.